The van der Waals surface area contributed by atoms with Crippen molar-refractivity contribution in [3.05, 3.63) is 94.5 Å². The summed E-state index contributed by atoms with van der Waals surface area (Å²) in [6.45, 7) is 3.19. The zero-order chi connectivity index (χ0) is 21.6. The first-order valence-electron chi connectivity index (χ1n) is 10.4. The molecule has 5 nitrogen and oxygen atoms in total. The van der Waals surface area contributed by atoms with E-state index in [0.717, 1.165) is 45.7 Å². The zero-order valence-electron chi connectivity index (χ0n) is 17.9. The van der Waals surface area contributed by atoms with E-state index in [2.05, 4.69) is 34.6 Å². The quantitative estimate of drug-likeness (QED) is 0.656. The van der Waals surface area contributed by atoms with Gasteiger partial charge in [-0.05, 0) is 59.9 Å². The summed E-state index contributed by atoms with van der Waals surface area (Å²) < 4.78 is 11.2. The van der Waals surface area contributed by atoms with E-state index in [0.29, 0.717) is 19.0 Å². The van der Waals surface area contributed by atoms with Gasteiger partial charge in [0.2, 0.25) is 5.91 Å². The van der Waals surface area contributed by atoms with Crippen molar-refractivity contribution in [1.82, 2.24) is 5.32 Å². The van der Waals surface area contributed by atoms with Crippen molar-refractivity contribution in [3.63, 3.8) is 0 Å². The molecule has 3 aromatic rings. The Kier molecular flexibility index (Phi) is 6.32. The van der Waals surface area contributed by atoms with Crippen LogP contribution in [0.3, 0.4) is 0 Å². The van der Waals surface area contributed by atoms with Crippen LogP contribution >= 0.6 is 0 Å². The van der Waals surface area contributed by atoms with Crippen molar-refractivity contribution < 1.29 is 14.3 Å². The molecular weight excluding hydrogens is 388 g/mol. The standard InChI is InChI=1S/C26H26N2O3/c1-18-14-23-21(16-24(18)31-17-20-6-4-3-5-7-20)12-13-27-26(23)28-25(29)15-19-8-10-22(30-2)11-9-19/h3-11,14,16H,12-13,15,17H2,1-2H3,(H,27,28,29). The molecular formula is C26H26N2O3. The third-order valence-corrected chi connectivity index (χ3v) is 5.33. The van der Waals surface area contributed by atoms with E-state index in [9.17, 15) is 4.79 Å². The highest BCUT2D eigenvalue weighted by molar-refractivity contribution is 6.09. The van der Waals surface area contributed by atoms with Crippen LogP contribution in [0.5, 0.6) is 11.5 Å². The molecule has 1 aliphatic heterocycles. The molecule has 3 aromatic carbocycles. The summed E-state index contributed by atoms with van der Waals surface area (Å²) in [5.74, 6) is 2.19. The van der Waals surface area contributed by atoms with Gasteiger partial charge in [-0.3, -0.25) is 9.79 Å². The van der Waals surface area contributed by atoms with Gasteiger partial charge in [0.15, 0.2) is 0 Å². The molecule has 0 aliphatic carbocycles. The van der Waals surface area contributed by atoms with E-state index in [1.54, 1.807) is 7.11 Å². The minimum Gasteiger partial charge on any atom is -0.497 e. The number of nitrogens with one attached hydrogen (secondary N) is 1. The summed E-state index contributed by atoms with van der Waals surface area (Å²) in [6, 6.07) is 21.8. The van der Waals surface area contributed by atoms with E-state index in [1.807, 2.05) is 49.4 Å². The lowest BCUT2D eigenvalue weighted by Crippen LogP contribution is -2.35. The van der Waals surface area contributed by atoms with Crippen molar-refractivity contribution in [2.24, 2.45) is 4.99 Å². The number of fused-ring (bicyclic) bond motifs is 1. The van der Waals surface area contributed by atoms with Crippen LogP contribution in [0.4, 0.5) is 0 Å². The van der Waals surface area contributed by atoms with Crippen molar-refractivity contribution in [3.8, 4) is 11.5 Å². The maximum absolute atomic E-state index is 12.6. The van der Waals surface area contributed by atoms with Gasteiger partial charge < -0.3 is 14.8 Å². The monoisotopic (exact) mass is 414 g/mol. The maximum Gasteiger partial charge on any atom is 0.229 e. The van der Waals surface area contributed by atoms with Crippen molar-refractivity contribution in [1.29, 1.82) is 0 Å². The van der Waals surface area contributed by atoms with Gasteiger partial charge in [-0.25, -0.2) is 0 Å². The fourth-order valence-corrected chi connectivity index (χ4v) is 3.63. The van der Waals surface area contributed by atoms with Crippen LogP contribution < -0.4 is 14.8 Å². The van der Waals surface area contributed by atoms with E-state index < -0.39 is 0 Å². The lowest BCUT2D eigenvalue weighted by molar-refractivity contribution is -0.119. The lowest BCUT2D eigenvalue weighted by atomic mass is 9.97. The van der Waals surface area contributed by atoms with Crippen molar-refractivity contribution in [2.45, 2.75) is 26.4 Å². The third-order valence-electron chi connectivity index (χ3n) is 5.33. The largest absolute Gasteiger partial charge is 0.497 e. The number of carbonyl (C=O) groups is 1. The number of hydrogen-bond donors (Lipinski definition) is 1. The molecule has 0 aromatic heterocycles. The van der Waals surface area contributed by atoms with Crippen LogP contribution in [0.15, 0.2) is 71.7 Å². The fourth-order valence-electron chi connectivity index (χ4n) is 3.63. The smallest absolute Gasteiger partial charge is 0.229 e. The van der Waals surface area contributed by atoms with E-state index >= 15 is 0 Å². The van der Waals surface area contributed by atoms with Gasteiger partial charge in [-0.2, -0.15) is 0 Å². The Morgan fingerprint density at radius 1 is 1.03 bits per heavy atom. The molecule has 0 radical (unpaired) electrons. The molecule has 0 fully saturated rings. The Hall–Kier alpha value is -3.60. The number of amides is 1. The van der Waals surface area contributed by atoms with Gasteiger partial charge in [0, 0.05) is 12.1 Å². The minimum atomic E-state index is -0.0844. The normalized spacial score (nSPS) is 12.5. The van der Waals surface area contributed by atoms with Gasteiger partial charge in [0.25, 0.3) is 0 Å². The molecule has 1 N–H and O–H groups in total. The summed E-state index contributed by atoms with van der Waals surface area (Å²) in [6.07, 6.45) is 1.12. The van der Waals surface area contributed by atoms with E-state index in [-0.39, 0.29) is 12.3 Å². The number of ether oxygens (including phenoxy) is 2. The van der Waals surface area contributed by atoms with E-state index in [4.69, 9.17) is 9.47 Å². The number of hydrogen-bond acceptors (Lipinski definition) is 4. The van der Waals surface area contributed by atoms with Crippen molar-refractivity contribution >= 4 is 11.7 Å². The van der Waals surface area contributed by atoms with Gasteiger partial charge in [0.1, 0.15) is 23.9 Å². The van der Waals surface area contributed by atoms with E-state index in [1.165, 1.54) is 0 Å². The molecule has 0 spiro atoms. The summed E-state index contributed by atoms with van der Waals surface area (Å²) in [4.78, 5) is 17.2. The Labute approximate surface area is 182 Å². The highest BCUT2D eigenvalue weighted by Gasteiger charge is 2.19. The molecule has 0 atom stereocenters. The molecule has 0 saturated carbocycles. The number of methoxy groups -OCH3 is 1. The second-order valence-electron chi connectivity index (χ2n) is 7.60. The third kappa shape index (κ3) is 5.12. The van der Waals surface area contributed by atoms with Crippen molar-refractivity contribution in [2.75, 3.05) is 13.7 Å². The van der Waals surface area contributed by atoms with Crippen LogP contribution in [0.2, 0.25) is 0 Å². The molecule has 4 rings (SSSR count). The van der Waals surface area contributed by atoms with Crippen LogP contribution in [-0.4, -0.2) is 25.4 Å². The van der Waals surface area contributed by atoms with Gasteiger partial charge >= 0.3 is 0 Å². The minimum absolute atomic E-state index is 0.0844. The molecule has 1 aliphatic rings. The van der Waals surface area contributed by atoms with Crippen LogP contribution in [0.25, 0.3) is 0 Å². The molecule has 0 saturated heterocycles. The molecule has 5 heteroatoms. The second-order valence-corrected chi connectivity index (χ2v) is 7.60. The Morgan fingerprint density at radius 3 is 2.55 bits per heavy atom. The second kappa shape index (κ2) is 9.47. The summed E-state index contributed by atoms with van der Waals surface area (Å²) >= 11 is 0. The first-order valence-corrected chi connectivity index (χ1v) is 10.4. The predicted molar refractivity (Wildman–Crippen MR) is 122 cm³/mol. The van der Waals surface area contributed by atoms with Gasteiger partial charge in [-0.15, -0.1) is 0 Å². The lowest BCUT2D eigenvalue weighted by Gasteiger charge is -2.20. The summed E-state index contributed by atoms with van der Waals surface area (Å²) in [5.41, 5.74) is 5.19. The molecule has 158 valence electrons. The molecule has 1 amide bonds. The number of aryl methyl sites for hydroxylation is 1. The Balaban J connectivity index is 1.44. The Morgan fingerprint density at radius 2 is 1.81 bits per heavy atom. The Bertz CT molecular complexity index is 1090. The van der Waals surface area contributed by atoms with Gasteiger partial charge in [-0.1, -0.05) is 42.5 Å². The molecule has 0 bridgehead atoms. The molecule has 1 heterocycles. The fraction of sp³-hybridized carbons (Fsp3) is 0.231. The van der Waals surface area contributed by atoms with Crippen LogP contribution in [0.1, 0.15) is 27.8 Å². The molecule has 0 unspecified atom stereocenters. The first kappa shape index (κ1) is 20.7. The number of amidine groups is 1. The zero-order valence-corrected chi connectivity index (χ0v) is 17.9. The number of aliphatic imine (C=N–C) groups is 1. The van der Waals surface area contributed by atoms with Crippen LogP contribution in [0, 0.1) is 6.92 Å². The average molecular weight is 415 g/mol. The maximum atomic E-state index is 12.6. The first-order chi connectivity index (χ1) is 15.1. The predicted octanol–water partition coefficient (Wildman–Crippen LogP) is 4.24. The average Bonchev–Trinajstić information content (AvgIpc) is 2.79. The molecule has 31 heavy (non-hydrogen) atoms. The number of nitrogens with zero attached hydrogens (tertiary/aromatic N) is 1. The summed E-state index contributed by atoms with van der Waals surface area (Å²) in [7, 11) is 1.63. The topological polar surface area (TPSA) is 59.9 Å². The number of benzene rings is 3. The summed E-state index contributed by atoms with van der Waals surface area (Å²) in [5, 5.41) is 3.00. The van der Waals surface area contributed by atoms with Crippen LogP contribution in [-0.2, 0) is 24.2 Å². The number of carbonyl (C=O) groups excluding carboxylic acids is 1. The number of rotatable bonds is 6. The SMILES string of the molecule is COc1ccc(CC(=O)NC2=NCCc3cc(OCc4ccccc4)c(C)cc32)cc1. The highest BCUT2D eigenvalue weighted by Crippen LogP contribution is 2.27. The highest BCUT2D eigenvalue weighted by atomic mass is 16.5. The van der Waals surface area contributed by atoms with Gasteiger partial charge in [0.05, 0.1) is 13.5 Å².